The minimum atomic E-state index is 0.323. The molecule has 14 heavy (non-hydrogen) atoms. The van der Waals surface area contributed by atoms with E-state index >= 15 is 0 Å². The first kappa shape index (κ1) is 12.0. The summed E-state index contributed by atoms with van der Waals surface area (Å²) in [6, 6.07) is 0.753. The van der Waals surface area contributed by atoms with Gasteiger partial charge in [0.25, 0.3) is 0 Å². The van der Waals surface area contributed by atoms with Crippen molar-refractivity contribution in [2.45, 2.75) is 32.2 Å². The highest BCUT2D eigenvalue weighted by Crippen LogP contribution is 2.15. The lowest BCUT2D eigenvalue weighted by molar-refractivity contribution is 0.117. The molecule has 0 aromatic heterocycles. The van der Waals surface area contributed by atoms with Gasteiger partial charge in [0.2, 0.25) is 0 Å². The molecule has 1 fully saturated rings. The average molecular weight is 200 g/mol. The van der Waals surface area contributed by atoms with Gasteiger partial charge in [-0.2, -0.15) is 0 Å². The van der Waals surface area contributed by atoms with Gasteiger partial charge >= 0.3 is 0 Å². The fourth-order valence-electron chi connectivity index (χ4n) is 2.23. The maximum absolute atomic E-state index is 8.82. The predicted octanol–water partition coefficient (Wildman–Crippen LogP) is 0.785. The van der Waals surface area contributed by atoms with E-state index in [9.17, 15) is 0 Å². The van der Waals surface area contributed by atoms with E-state index in [-0.39, 0.29) is 0 Å². The molecule has 0 bridgehead atoms. The molecular weight excluding hydrogens is 176 g/mol. The normalized spacial score (nSPS) is 20.6. The Hall–Kier alpha value is -0.120. The Labute approximate surface area is 87.7 Å². The Morgan fingerprint density at radius 2 is 2.00 bits per heavy atom. The molecule has 0 aliphatic carbocycles. The Balaban J connectivity index is 2.29. The van der Waals surface area contributed by atoms with Gasteiger partial charge in [-0.3, -0.25) is 0 Å². The first-order valence-electron chi connectivity index (χ1n) is 5.81. The number of hydrogen-bond acceptors (Lipinski definition) is 3. The molecule has 3 nitrogen and oxygen atoms in total. The van der Waals surface area contributed by atoms with Crippen molar-refractivity contribution in [3.8, 4) is 0 Å². The van der Waals surface area contributed by atoms with Gasteiger partial charge in [-0.25, -0.2) is 0 Å². The number of aliphatic hydroxyl groups is 1. The highest BCUT2D eigenvalue weighted by molar-refractivity contribution is 4.77. The lowest BCUT2D eigenvalue weighted by atomic mass is 10.0. The third-order valence-corrected chi connectivity index (χ3v) is 3.21. The standard InChI is InChI=1S/C11H24N2O/c1-3-13(7-4-10-14)11-5-8-12(2)9-6-11/h11,14H,3-10H2,1-2H3. The summed E-state index contributed by atoms with van der Waals surface area (Å²) in [7, 11) is 2.19. The van der Waals surface area contributed by atoms with Crippen LogP contribution in [-0.2, 0) is 0 Å². The molecule has 0 aromatic rings. The molecule has 84 valence electrons. The number of nitrogens with zero attached hydrogens (tertiary/aromatic N) is 2. The topological polar surface area (TPSA) is 26.7 Å². The summed E-state index contributed by atoms with van der Waals surface area (Å²) < 4.78 is 0. The van der Waals surface area contributed by atoms with Gasteiger partial charge in [0, 0.05) is 19.2 Å². The summed E-state index contributed by atoms with van der Waals surface area (Å²) in [5.74, 6) is 0. The quantitative estimate of drug-likeness (QED) is 0.710. The SMILES string of the molecule is CCN(CCCO)C1CCN(C)CC1. The van der Waals surface area contributed by atoms with Crippen LogP contribution in [0.4, 0.5) is 0 Å². The molecule has 1 N–H and O–H groups in total. The van der Waals surface area contributed by atoms with E-state index in [2.05, 4.69) is 23.8 Å². The van der Waals surface area contributed by atoms with E-state index in [1.165, 1.54) is 25.9 Å². The van der Waals surface area contributed by atoms with Gasteiger partial charge in [0.1, 0.15) is 0 Å². The first-order chi connectivity index (χ1) is 6.77. The van der Waals surface area contributed by atoms with Crippen molar-refractivity contribution in [2.75, 3.05) is 39.8 Å². The van der Waals surface area contributed by atoms with Gasteiger partial charge < -0.3 is 14.9 Å². The van der Waals surface area contributed by atoms with Crippen molar-refractivity contribution < 1.29 is 5.11 Å². The smallest absolute Gasteiger partial charge is 0.0443 e. The van der Waals surface area contributed by atoms with E-state index in [1.54, 1.807) is 0 Å². The van der Waals surface area contributed by atoms with Crippen molar-refractivity contribution >= 4 is 0 Å². The fraction of sp³-hybridized carbons (Fsp3) is 1.00. The second kappa shape index (κ2) is 6.38. The van der Waals surface area contributed by atoms with Crippen molar-refractivity contribution in [3.63, 3.8) is 0 Å². The lowest BCUT2D eigenvalue weighted by Crippen LogP contribution is -2.44. The van der Waals surface area contributed by atoms with Crippen LogP contribution in [0.15, 0.2) is 0 Å². The molecule has 1 rings (SSSR count). The molecule has 0 aromatic carbocycles. The highest BCUT2D eigenvalue weighted by Gasteiger charge is 2.21. The van der Waals surface area contributed by atoms with Crippen LogP contribution in [0.1, 0.15) is 26.2 Å². The fourth-order valence-corrected chi connectivity index (χ4v) is 2.23. The number of likely N-dealkylation sites (tertiary alicyclic amines) is 1. The molecule has 0 atom stereocenters. The van der Waals surface area contributed by atoms with Gasteiger partial charge in [0.15, 0.2) is 0 Å². The van der Waals surface area contributed by atoms with E-state index in [0.29, 0.717) is 6.61 Å². The molecular formula is C11H24N2O. The van der Waals surface area contributed by atoms with Crippen LogP contribution in [0.5, 0.6) is 0 Å². The zero-order valence-corrected chi connectivity index (χ0v) is 9.58. The second-order valence-corrected chi connectivity index (χ2v) is 4.24. The molecule has 1 aliphatic heterocycles. The third-order valence-electron chi connectivity index (χ3n) is 3.21. The molecule has 0 amide bonds. The molecule has 0 unspecified atom stereocenters. The Bertz CT molecular complexity index is 141. The van der Waals surface area contributed by atoms with Crippen LogP contribution in [0.2, 0.25) is 0 Å². The first-order valence-corrected chi connectivity index (χ1v) is 5.81. The summed E-state index contributed by atoms with van der Waals surface area (Å²) in [6.07, 6.45) is 3.49. The largest absolute Gasteiger partial charge is 0.396 e. The van der Waals surface area contributed by atoms with Crippen molar-refractivity contribution in [3.05, 3.63) is 0 Å². The lowest BCUT2D eigenvalue weighted by Gasteiger charge is -2.36. The molecule has 0 radical (unpaired) electrons. The zero-order valence-electron chi connectivity index (χ0n) is 9.58. The number of piperidine rings is 1. The summed E-state index contributed by atoms with van der Waals surface area (Å²) in [6.45, 7) is 7.16. The summed E-state index contributed by atoms with van der Waals surface area (Å²) in [5, 5.41) is 8.82. The number of rotatable bonds is 5. The van der Waals surface area contributed by atoms with Crippen LogP contribution in [0, 0.1) is 0 Å². The second-order valence-electron chi connectivity index (χ2n) is 4.24. The molecule has 1 aliphatic rings. The molecule has 0 spiro atoms. The van der Waals surface area contributed by atoms with Gasteiger partial charge in [-0.1, -0.05) is 6.92 Å². The van der Waals surface area contributed by atoms with Gasteiger partial charge in [-0.05, 0) is 45.9 Å². The van der Waals surface area contributed by atoms with E-state index < -0.39 is 0 Å². The Kier molecular flexibility index (Phi) is 5.45. The maximum Gasteiger partial charge on any atom is 0.0443 e. The van der Waals surface area contributed by atoms with E-state index in [1.807, 2.05) is 0 Å². The molecule has 1 heterocycles. The average Bonchev–Trinajstić information content (AvgIpc) is 2.21. The third kappa shape index (κ3) is 3.56. The molecule has 0 saturated carbocycles. The monoisotopic (exact) mass is 200 g/mol. The highest BCUT2D eigenvalue weighted by atomic mass is 16.3. The van der Waals surface area contributed by atoms with Crippen LogP contribution < -0.4 is 0 Å². The Morgan fingerprint density at radius 1 is 1.36 bits per heavy atom. The van der Waals surface area contributed by atoms with E-state index in [4.69, 9.17) is 5.11 Å². The number of aliphatic hydroxyl groups excluding tert-OH is 1. The van der Waals surface area contributed by atoms with E-state index in [0.717, 1.165) is 25.6 Å². The summed E-state index contributed by atoms with van der Waals surface area (Å²) in [4.78, 5) is 4.92. The van der Waals surface area contributed by atoms with Crippen molar-refractivity contribution in [1.82, 2.24) is 9.80 Å². The maximum atomic E-state index is 8.82. The zero-order chi connectivity index (χ0) is 10.4. The minimum absolute atomic E-state index is 0.323. The minimum Gasteiger partial charge on any atom is -0.396 e. The summed E-state index contributed by atoms with van der Waals surface area (Å²) in [5.41, 5.74) is 0. The van der Waals surface area contributed by atoms with Gasteiger partial charge in [-0.15, -0.1) is 0 Å². The van der Waals surface area contributed by atoms with Crippen molar-refractivity contribution in [2.24, 2.45) is 0 Å². The van der Waals surface area contributed by atoms with Crippen LogP contribution >= 0.6 is 0 Å². The Morgan fingerprint density at radius 3 is 2.50 bits per heavy atom. The van der Waals surface area contributed by atoms with Crippen LogP contribution in [0.3, 0.4) is 0 Å². The number of hydrogen-bond donors (Lipinski definition) is 1. The van der Waals surface area contributed by atoms with Gasteiger partial charge in [0.05, 0.1) is 0 Å². The van der Waals surface area contributed by atoms with Crippen molar-refractivity contribution in [1.29, 1.82) is 0 Å². The predicted molar refractivity (Wildman–Crippen MR) is 59.5 cm³/mol. The molecule has 1 saturated heterocycles. The molecule has 3 heteroatoms. The summed E-state index contributed by atoms with van der Waals surface area (Å²) >= 11 is 0. The van der Waals surface area contributed by atoms with Crippen LogP contribution in [0.25, 0.3) is 0 Å². The van der Waals surface area contributed by atoms with Crippen LogP contribution in [-0.4, -0.2) is 60.8 Å².